The Bertz CT molecular complexity index is 510. The van der Waals surface area contributed by atoms with Crippen molar-refractivity contribution in [2.45, 2.75) is 72.3 Å². The molecule has 2 N–H and O–H groups in total. The second-order valence-electron chi connectivity index (χ2n) is 6.63. The van der Waals surface area contributed by atoms with Crippen LogP contribution in [0.25, 0.3) is 0 Å². The molecule has 0 unspecified atom stereocenters. The Morgan fingerprint density at radius 2 is 1.44 bits per heavy atom. The molecule has 1 aromatic rings. The number of unbranched alkanes of at least 4 members (excludes halogenated alkanes) is 4. The highest BCUT2D eigenvalue weighted by Gasteiger charge is 2.42. The van der Waals surface area contributed by atoms with Crippen molar-refractivity contribution in [1.82, 2.24) is 10.6 Å². The third-order valence-corrected chi connectivity index (χ3v) is 4.94. The van der Waals surface area contributed by atoms with Crippen LogP contribution < -0.4 is 10.6 Å². The molecule has 0 spiro atoms. The molecule has 140 valence electrons. The highest BCUT2D eigenvalue weighted by Crippen LogP contribution is 2.27. The molecule has 0 aliphatic heterocycles. The molecule has 0 aliphatic rings. The van der Waals surface area contributed by atoms with E-state index in [1.165, 1.54) is 19.3 Å². The van der Waals surface area contributed by atoms with Crippen molar-refractivity contribution in [3.63, 3.8) is 0 Å². The van der Waals surface area contributed by atoms with Gasteiger partial charge in [-0.15, -0.1) is 0 Å². The zero-order valence-electron chi connectivity index (χ0n) is 16.1. The van der Waals surface area contributed by atoms with Gasteiger partial charge in [-0.3, -0.25) is 9.59 Å². The molecular weight excluding hydrogens is 312 g/mol. The SMILES string of the molecule is CCCCCCCNC(=O)C(CC)(CC)C(=O)NCc1ccccc1. The molecule has 0 heterocycles. The number of carbonyl (C=O) groups is 2. The van der Waals surface area contributed by atoms with Crippen LogP contribution in [0.3, 0.4) is 0 Å². The van der Waals surface area contributed by atoms with Crippen molar-refractivity contribution in [1.29, 1.82) is 0 Å². The van der Waals surface area contributed by atoms with Crippen molar-refractivity contribution in [3.8, 4) is 0 Å². The molecule has 1 aromatic carbocycles. The van der Waals surface area contributed by atoms with Crippen LogP contribution in [0.1, 0.15) is 71.3 Å². The fourth-order valence-corrected chi connectivity index (χ4v) is 3.04. The first-order valence-electron chi connectivity index (χ1n) is 9.71. The smallest absolute Gasteiger partial charge is 0.235 e. The van der Waals surface area contributed by atoms with Crippen LogP contribution in [0.2, 0.25) is 0 Å². The van der Waals surface area contributed by atoms with E-state index >= 15 is 0 Å². The molecule has 25 heavy (non-hydrogen) atoms. The van der Waals surface area contributed by atoms with Gasteiger partial charge in [-0.1, -0.05) is 76.8 Å². The monoisotopic (exact) mass is 346 g/mol. The van der Waals surface area contributed by atoms with Crippen LogP contribution in [0.4, 0.5) is 0 Å². The van der Waals surface area contributed by atoms with Crippen LogP contribution in [-0.2, 0) is 16.1 Å². The summed E-state index contributed by atoms with van der Waals surface area (Å²) in [5.74, 6) is -0.316. The molecule has 0 aromatic heterocycles. The topological polar surface area (TPSA) is 58.2 Å². The maximum Gasteiger partial charge on any atom is 0.235 e. The number of hydrogen-bond acceptors (Lipinski definition) is 2. The van der Waals surface area contributed by atoms with E-state index in [2.05, 4.69) is 17.6 Å². The second kappa shape index (κ2) is 11.7. The van der Waals surface area contributed by atoms with Crippen LogP contribution in [-0.4, -0.2) is 18.4 Å². The van der Waals surface area contributed by atoms with E-state index in [4.69, 9.17) is 0 Å². The van der Waals surface area contributed by atoms with Crippen LogP contribution in [0.15, 0.2) is 30.3 Å². The average molecular weight is 347 g/mol. The first-order valence-corrected chi connectivity index (χ1v) is 9.71. The van der Waals surface area contributed by atoms with Gasteiger partial charge in [-0.05, 0) is 24.8 Å². The Labute approximate surface area is 152 Å². The zero-order chi connectivity index (χ0) is 18.5. The Balaban J connectivity index is 2.55. The van der Waals surface area contributed by atoms with Gasteiger partial charge in [0.25, 0.3) is 0 Å². The van der Waals surface area contributed by atoms with Crippen molar-refractivity contribution < 1.29 is 9.59 Å². The molecule has 0 fully saturated rings. The Morgan fingerprint density at radius 3 is 2.04 bits per heavy atom. The quantitative estimate of drug-likeness (QED) is 0.440. The van der Waals surface area contributed by atoms with E-state index in [0.29, 0.717) is 25.9 Å². The van der Waals surface area contributed by atoms with Crippen molar-refractivity contribution in [2.24, 2.45) is 5.41 Å². The summed E-state index contributed by atoms with van der Waals surface area (Å²) < 4.78 is 0. The molecule has 1 rings (SSSR count). The molecular formula is C21H34N2O2. The molecule has 0 aliphatic carbocycles. The summed E-state index contributed by atoms with van der Waals surface area (Å²) in [6, 6.07) is 9.77. The maximum atomic E-state index is 12.7. The molecule has 0 atom stereocenters. The fourth-order valence-electron chi connectivity index (χ4n) is 3.04. The number of amides is 2. The minimum absolute atomic E-state index is 0.140. The minimum Gasteiger partial charge on any atom is -0.355 e. The van der Waals surface area contributed by atoms with Gasteiger partial charge in [0, 0.05) is 13.1 Å². The van der Waals surface area contributed by atoms with Crippen LogP contribution >= 0.6 is 0 Å². The number of hydrogen-bond donors (Lipinski definition) is 2. The van der Waals surface area contributed by atoms with Gasteiger partial charge in [0.2, 0.25) is 11.8 Å². The first kappa shape index (κ1) is 21.2. The summed E-state index contributed by atoms with van der Waals surface area (Å²) in [6.45, 7) is 7.10. The van der Waals surface area contributed by atoms with E-state index in [1.54, 1.807) is 0 Å². The minimum atomic E-state index is -0.974. The van der Waals surface area contributed by atoms with Gasteiger partial charge in [0.1, 0.15) is 5.41 Å². The number of carbonyl (C=O) groups excluding carboxylic acids is 2. The lowest BCUT2D eigenvalue weighted by molar-refractivity contribution is -0.144. The third kappa shape index (κ3) is 6.52. The summed E-state index contributed by atoms with van der Waals surface area (Å²) >= 11 is 0. The first-order chi connectivity index (χ1) is 12.1. The van der Waals surface area contributed by atoms with Crippen LogP contribution in [0.5, 0.6) is 0 Å². The van der Waals surface area contributed by atoms with Gasteiger partial charge < -0.3 is 10.6 Å². The largest absolute Gasteiger partial charge is 0.355 e. The van der Waals surface area contributed by atoms with E-state index in [0.717, 1.165) is 18.4 Å². The van der Waals surface area contributed by atoms with Gasteiger partial charge in [0.15, 0.2) is 0 Å². The third-order valence-electron chi connectivity index (χ3n) is 4.94. The lowest BCUT2D eigenvalue weighted by Crippen LogP contribution is -2.51. The van der Waals surface area contributed by atoms with Crippen LogP contribution in [0, 0.1) is 5.41 Å². The van der Waals surface area contributed by atoms with Gasteiger partial charge in [0.05, 0.1) is 0 Å². The Kier molecular flexibility index (Phi) is 9.90. The summed E-state index contributed by atoms with van der Waals surface area (Å²) in [4.78, 5) is 25.4. The van der Waals surface area contributed by atoms with E-state index in [-0.39, 0.29) is 11.8 Å². The normalized spacial score (nSPS) is 11.2. The fraction of sp³-hybridized carbons (Fsp3) is 0.619. The van der Waals surface area contributed by atoms with Crippen molar-refractivity contribution in [3.05, 3.63) is 35.9 Å². The lowest BCUT2D eigenvalue weighted by Gasteiger charge is -2.29. The Hall–Kier alpha value is -1.84. The second-order valence-corrected chi connectivity index (χ2v) is 6.63. The number of rotatable bonds is 12. The molecule has 2 amide bonds. The van der Waals surface area contributed by atoms with Gasteiger partial charge in [-0.2, -0.15) is 0 Å². The summed E-state index contributed by atoms with van der Waals surface area (Å²) in [5, 5.41) is 5.92. The molecule has 4 heteroatoms. The maximum absolute atomic E-state index is 12.7. The standard InChI is InChI=1S/C21H34N2O2/c1-4-7-8-9-13-16-22-19(24)21(5-2,6-3)20(25)23-17-18-14-11-10-12-15-18/h10-12,14-15H,4-9,13,16-17H2,1-3H3,(H,22,24)(H,23,25). The van der Waals surface area contributed by atoms with E-state index in [9.17, 15) is 9.59 Å². The predicted octanol–water partition coefficient (Wildman–Crippen LogP) is 4.20. The predicted molar refractivity (Wildman–Crippen MR) is 103 cm³/mol. The highest BCUT2D eigenvalue weighted by molar-refractivity contribution is 6.04. The summed E-state index contributed by atoms with van der Waals surface area (Å²) in [6.07, 6.45) is 6.76. The van der Waals surface area contributed by atoms with E-state index < -0.39 is 5.41 Å². The number of benzene rings is 1. The van der Waals surface area contributed by atoms with Gasteiger partial charge in [-0.25, -0.2) is 0 Å². The van der Waals surface area contributed by atoms with E-state index in [1.807, 2.05) is 44.2 Å². The molecule has 0 bridgehead atoms. The molecule has 0 saturated heterocycles. The average Bonchev–Trinajstić information content (AvgIpc) is 2.65. The van der Waals surface area contributed by atoms with Crippen molar-refractivity contribution >= 4 is 11.8 Å². The molecule has 4 nitrogen and oxygen atoms in total. The zero-order valence-corrected chi connectivity index (χ0v) is 16.1. The summed E-state index contributed by atoms with van der Waals surface area (Å²) in [5.41, 5.74) is 0.0614. The highest BCUT2D eigenvalue weighted by atomic mass is 16.2. The van der Waals surface area contributed by atoms with Crippen molar-refractivity contribution in [2.75, 3.05) is 6.54 Å². The Morgan fingerprint density at radius 1 is 0.840 bits per heavy atom. The lowest BCUT2D eigenvalue weighted by atomic mass is 9.80. The van der Waals surface area contributed by atoms with Gasteiger partial charge >= 0.3 is 0 Å². The molecule has 0 saturated carbocycles. The molecule has 0 radical (unpaired) electrons. The summed E-state index contributed by atoms with van der Waals surface area (Å²) in [7, 11) is 0. The number of nitrogens with one attached hydrogen (secondary N) is 2.